The molecule has 4 rings (SSSR count). The minimum Gasteiger partial charge on any atom is -0.345 e. The van der Waals surface area contributed by atoms with Gasteiger partial charge >= 0.3 is 0 Å². The predicted molar refractivity (Wildman–Crippen MR) is 129 cm³/mol. The molecule has 0 saturated heterocycles. The van der Waals surface area contributed by atoms with Gasteiger partial charge in [0.05, 0.1) is 35.1 Å². The van der Waals surface area contributed by atoms with Crippen molar-refractivity contribution in [2.45, 2.75) is 13.0 Å². The van der Waals surface area contributed by atoms with E-state index in [2.05, 4.69) is 14.8 Å². The smallest absolute Gasteiger partial charge is 0.264 e. The van der Waals surface area contributed by atoms with Crippen LogP contribution in [0.3, 0.4) is 0 Å². The second-order valence-corrected chi connectivity index (χ2v) is 10.4. The number of hydrogen-bond acceptors (Lipinski definition) is 6. The number of carbonyl (C=O) groups is 1. The van der Waals surface area contributed by atoms with Gasteiger partial charge in [-0.05, 0) is 55.0 Å². The van der Waals surface area contributed by atoms with Crippen molar-refractivity contribution >= 4 is 57.0 Å². The predicted octanol–water partition coefficient (Wildman–Crippen LogP) is 5.09. The van der Waals surface area contributed by atoms with Gasteiger partial charge in [0.1, 0.15) is 10.7 Å². The molecular weight excluding hydrogens is 510 g/mol. The molecule has 7 nitrogen and oxygen atoms in total. The largest absolute Gasteiger partial charge is 0.345 e. The quantitative estimate of drug-likeness (QED) is 0.454. The van der Waals surface area contributed by atoms with E-state index in [1.165, 1.54) is 30.5 Å². The van der Waals surface area contributed by atoms with Crippen LogP contribution in [-0.2, 0) is 10.0 Å². The third-order valence-electron chi connectivity index (χ3n) is 4.84. The molecule has 172 valence electrons. The van der Waals surface area contributed by atoms with Crippen LogP contribution in [0.15, 0.2) is 71.6 Å². The molecule has 0 bridgehead atoms. The third-order valence-corrected chi connectivity index (χ3v) is 7.56. The van der Waals surface area contributed by atoms with E-state index in [9.17, 15) is 17.6 Å². The highest BCUT2D eigenvalue weighted by Crippen LogP contribution is 2.34. The van der Waals surface area contributed by atoms with E-state index in [4.69, 9.17) is 23.2 Å². The summed E-state index contributed by atoms with van der Waals surface area (Å²) in [5.41, 5.74) is 0.788. The zero-order valence-corrected chi connectivity index (χ0v) is 20.1. The Kier molecular flexibility index (Phi) is 6.62. The Balaban J connectivity index is 1.60. The number of nitrogens with one attached hydrogen (secondary N) is 3. The Bertz CT molecular complexity index is 1330. The Labute approximate surface area is 204 Å². The maximum Gasteiger partial charge on any atom is 0.264 e. The summed E-state index contributed by atoms with van der Waals surface area (Å²) in [6, 6.07) is 7.61. The van der Waals surface area contributed by atoms with Crippen LogP contribution >= 0.6 is 35.3 Å². The Morgan fingerprint density at radius 1 is 1.21 bits per heavy atom. The molecule has 2 heterocycles. The lowest BCUT2D eigenvalue weighted by atomic mass is 10.1. The molecule has 3 N–H and O–H groups in total. The average molecular weight is 527 g/mol. The number of nitrogens with zero attached hydrogens (tertiary/aromatic N) is 1. The number of allylic oxidation sites excluding steroid dienone is 2. The van der Waals surface area contributed by atoms with Gasteiger partial charge in [-0.1, -0.05) is 29.3 Å². The summed E-state index contributed by atoms with van der Waals surface area (Å²) in [6.45, 7) is 1.71. The van der Waals surface area contributed by atoms with Crippen molar-refractivity contribution in [1.29, 1.82) is 0 Å². The minimum absolute atomic E-state index is 0.0283. The van der Waals surface area contributed by atoms with Gasteiger partial charge in [0, 0.05) is 22.4 Å². The maximum atomic E-state index is 14.0. The van der Waals surface area contributed by atoms with Gasteiger partial charge in [-0.15, -0.1) is 0 Å². The highest BCUT2D eigenvalue weighted by Gasteiger charge is 2.30. The van der Waals surface area contributed by atoms with Gasteiger partial charge in [0.25, 0.3) is 15.9 Å². The first-order valence-corrected chi connectivity index (χ1v) is 12.6. The molecule has 2 aliphatic rings. The van der Waals surface area contributed by atoms with Crippen LogP contribution < -0.4 is 14.8 Å². The molecular formula is C21H17Cl2FN4O3S2. The lowest BCUT2D eigenvalue weighted by molar-refractivity contribution is 0.0941. The molecule has 0 fully saturated rings. The van der Waals surface area contributed by atoms with Crippen molar-refractivity contribution in [3.8, 4) is 0 Å². The second-order valence-electron chi connectivity index (χ2n) is 7.09. The molecule has 0 aliphatic carbocycles. The lowest BCUT2D eigenvalue weighted by Crippen LogP contribution is -2.29. The fourth-order valence-electron chi connectivity index (χ4n) is 3.27. The molecule has 0 radical (unpaired) electrons. The van der Waals surface area contributed by atoms with Crippen molar-refractivity contribution in [1.82, 2.24) is 14.3 Å². The summed E-state index contributed by atoms with van der Waals surface area (Å²) in [7, 11) is -4.14. The normalized spacial score (nSPS) is 15.8. The molecule has 0 saturated carbocycles. The van der Waals surface area contributed by atoms with Gasteiger partial charge in [0.2, 0.25) is 0 Å². The van der Waals surface area contributed by atoms with Gasteiger partial charge in [-0.2, -0.15) is 0 Å². The topological polar surface area (TPSA) is 90.5 Å². The second kappa shape index (κ2) is 9.30. The van der Waals surface area contributed by atoms with E-state index >= 15 is 0 Å². The average Bonchev–Trinajstić information content (AvgIpc) is 3.22. The highest BCUT2D eigenvalue weighted by atomic mass is 35.5. The Morgan fingerprint density at radius 2 is 2.00 bits per heavy atom. The molecule has 33 heavy (non-hydrogen) atoms. The fourth-order valence-corrected chi connectivity index (χ4v) is 5.81. The molecule has 2 aromatic rings. The van der Waals surface area contributed by atoms with Crippen molar-refractivity contribution in [2.75, 3.05) is 4.72 Å². The van der Waals surface area contributed by atoms with Crippen LogP contribution in [0.4, 0.5) is 10.1 Å². The molecule has 1 atom stereocenters. The number of benzene rings is 2. The maximum absolute atomic E-state index is 14.0. The number of rotatable bonds is 6. The van der Waals surface area contributed by atoms with Crippen molar-refractivity contribution in [3.63, 3.8) is 0 Å². The van der Waals surface area contributed by atoms with Crippen molar-refractivity contribution < 1.29 is 17.6 Å². The Morgan fingerprint density at radius 3 is 2.76 bits per heavy atom. The number of hydrogen-bond donors (Lipinski definition) is 3. The summed E-state index contributed by atoms with van der Waals surface area (Å²) in [5, 5.41) is 3.57. The summed E-state index contributed by atoms with van der Waals surface area (Å²) >= 11 is 13.3. The number of sulfonamides is 1. The molecule has 0 spiro atoms. The Hall–Kier alpha value is -2.66. The van der Waals surface area contributed by atoms with E-state index in [0.29, 0.717) is 21.3 Å². The van der Waals surface area contributed by atoms with E-state index in [0.717, 1.165) is 12.1 Å². The lowest BCUT2D eigenvalue weighted by Gasteiger charge is -2.21. The minimum atomic E-state index is -4.14. The van der Waals surface area contributed by atoms with Gasteiger partial charge in [-0.25, -0.2) is 12.8 Å². The fraction of sp³-hybridized carbons (Fsp3) is 0.0952. The number of fused-ring (bicyclic) bond motifs is 1. The number of anilines is 1. The zero-order chi connectivity index (χ0) is 23.8. The number of amides is 1. The highest BCUT2D eigenvalue weighted by molar-refractivity contribution is 7.97. The van der Waals surface area contributed by atoms with Crippen LogP contribution in [0.5, 0.6) is 0 Å². The molecule has 12 heteroatoms. The van der Waals surface area contributed by atoms with E-state index in [1.54, 1.807) is 41.7 Å². The van der Waals surface area contributed by atoms with Crippen LogP contribution in [0.2, 0.25) is 10.0 Å². The van der Waals surface area contributed by atoms with Gasteiger partial charge in [-0.3, -0.25) is 13.8 Å². The first kappa shape index (κ1) is 23.5. The molecule has 0 aromatic heterocycles. The first-order valence-electron chi connectivity index (χ1n) is 9.54. The van der Waals surface area contributed by atoms with E-state index in [1.807, 2.05) is 0 Å². The monoisotopic (exact) mass is 526 g/mol. The summed E-state index contributed by atoms with van der Waals surface area (Å²) < 4.78 is 47.1. The molecule has 2 aromatic carbocycles. The van der Waals surface area contributed by atoms with E-state index in [-0.39, 0.29) is 16.2 Å². The summed E-state index contributed by atoms with van der Waals surface area (Å²) in [4.78, 5) is 13.0. The van der Waals surface area contributed by atoms with Crippen LogP contribution in [-0.4, -0.2) is 18.6 Å². The number of carbonyl (C=O) groups excluding carboxylic acids is 1. The first-order chi connectivity index (χ1) is 15.7. The van der Waals surface area contributed by atoms with Crippen molar-refractivity contribution in [2.24, 2.45) is 0 Å². The molecule has 0 unspecified atom stereocenters. The van der Waals surface area contributed by atoms with Crippen molar-refractivity contribution in [3.05, 3.63) is 98.5 Å². The van der Waals surface area contributed by atoms with Gasteiger partial charge < -0.3 is 10.0 Å². The summed E-state index contributed by atoms with van der Waals surface area (Å²) in [6.07, 6.45) is 6.22. The molecule has 1 amide bonds. The SMILES string of the molecule is C[C@@H](NC(=O)c1ccc(F)cc1NS(=O)(=O)C1=CC=CN2SNC=C12)c1ccc(Cl)cc1Cl. The summed E-state index contributed by atoms with van der Waals surface area (Å²) in [5.74, 6) is -1.31. The van der Waals surface area contributed by atoms with Crippen LogP contribution in [0.1, 0.15) is 28.9 Å². The number of halogens is 3. The standard InChI is InChI=1S/C21H17Cl2FN4O3S2/c1-12(15-6-4-13(22)9-17(15)23)26-21(29)16-7-5-14(24)10-18(16)27-33(30,31)20-3-2-8-28-19(20)11-25-32-28/h2-12,25,27H,1H3,(H,26,29)/t12-/m1/s1. The van der Waals surface area contributed by atoms with Gasteiger partial charge in [0.15, 0.2) is 0 Å². The third kappa shape index (κ3) is 4.98. The van der Waals surface area contributed by atoms with Crippen LogP contribution in [0, 0.1) is 5.82 Å². The van der Waals surface area contributed by atoms with E-state index < -0.39 is 27.8 Å². The van der Waals surface area contributed by atoms with Crippen LogP contribution in [0.25, 0.3) is 0 Å². The molecule has 2 aliphatic heterocycles. The zero-order valence-electron chi connectivity index (χ0n) is 17.0.